The Balaban J connectivity index is 0.000000327. The number of rotatable bonds is 6. The molecule has 282 valence electrons. The van der Waals surface area contributed by atoms with Gasteiger partial charge < -0.3 is 14.9 Å². The van der Waals surface area contributed by atoms with Gasteiger partial charge in [-0.25, -0.2) is 0 Å². The van der Waals surface area contributed by atoms with Crippen LogP contribution < -0.4 is 0 Å². The van der Waals surface area contributed by atoms with E-state index in [-0.39, 0.29) is 39.7 Å². The van der Waals surface area contributed by atoms with E-state index in [2.05, 4.69) is 137 Å². The molecule has 2 aliphatic carbocycles. The Morgan fingerprint density at radius 1 is 0.585 bits per heavy atom. The molecule has 6 aromatic carbocycles. The zero-order valence-electron chi connectivity index (χ0n) is 32.7. The average Bonchev–Trinajstić information content (AvgIpc) is 3.82. The topological polar surface area (TPSA) is 0 Å². The molecule has 0 heterocycles. The van der Waals surface area contributed by atoms with E-state index in [0.29, 0.717) is 5.92 Å². The quantitative estimate of drug-likeness (QED) is 0.116. The second-order valence-electron chi connectivity index (χ2n) is 14.7. The van der Waals surface area contributed by atoms with E-state index in [0.717, 1.165) is 18.3 Å². The molecule has 2 radical (unpaired) electrons. The molecule has 0 atom stereocenters. The third-order valence-electron chi connectivity index (χ3n) is 11.3. The predicted molar refractivity (Wildman–Crippen MR) is 238 cm³/mol. The van der Waals surface area contributed by atoms with Crippen molar-refractivity contribution in [3.8, 4) is 22.3 Å². The minimum absolute atomic E-state index is 0. The number of hydrogen-bond acceptors (Lipinski definition) is 0. The van der Waals surface area contributed by atoms with Crippen molar-refractivity contribution in [3.63, 3.8) is 0 Å². The number of aryl methyl sites for hydroxylation is 1. The van der Waals surface area contributed by atoms with Crippen molar-refractivity contribution >= 4 is 53.2 Å². The van der Waals surface area contributed by atoms with Crippen LogP contribution in [0.1, 0.15) is 125 Å². The van der Waals surface area contributed by atoms with Crippen molar-refractivity contribution in [3.05, 3.63) is 146 Å². The van der Waals surface area contributed by atoms with Crippen LogP contribution in [0.15, 0.2) is 109 Å². The summed E-state index contributed by atoms with van der Waals surface area (Å²) < 4.78 is 0. The Labute approximate surface area is 351 Å². The molecule has 0 amide bonds. The summed E-state index contributed by atoms with van der Waals surface area (Å²) in [7, 11) is 0. The zero-order chi connectivity index (χ0) is 34.2. The molecule has 0 nitrogen and oxygen atoms in total. The van der Waals surface area contributed by atoms with Crippen LogP contribution in [0.3, 0.4) is 0 Å². The summed E-state index contributed by atoms with van der Waals surface area (Å²) in [6.07, 6.45) is 15.0. The summed E-state index contributed by atoms with van der Waals surface area (Å²) >= 11 is 1.36. The molecule has 53 heavy (non-hydrogen) atoms. The monoisotopic (exact) mass is 836 g/mol. The second kappa shape index (κ2) is 23.0. The Morgan fingerprint density at radius 3 is 1.42 bits per heavy atom. The number of hydrogen-bond donors (Lipinski definition) is 0. The van der Waals surface area contributed by atoms with Gasteiger partial charge in [0.05, 0.1) is 0 Å². The summed E-state index contributed by atoms with van der Waals surface area (Å²) in [5.41, 5.74) is 11.4. The molecule has 0 N–H and O–H groups in total. The van der Waals surface area contributed by atoms with E-state index in [4.69, 9.17) is 0 Å². The van der Waals surface area contributed by atoms with E-state index in [1.54, 1.807) is 0 Å². The molecule has 0 unspecified atom stereocenters. The van der Waals surface area contributed by atoms with Crippen molar-refractivity contribution < 1.29 is 23.3 Å². The predicted octanol–water partition coefficient (Wildman–Crippen LogP) is 15.6. The van der Waals surface area contributed by atoms with Gasteiger partial charge in [-0.15, -0.1) is 93.9 Å². The van der Waals surface area contributed by atoms with Crippen LogP contribution in [0.25, 0.3) is 43.8 Å². The number of fused-ring (bicyclic) bond motifs is 2. The molecule has 0 aliphatic heterocycles. The summed E-state index contributed by atoms with van der Waals surface area (Å²) in [5.74, 6) is 2.16. The first-order valence-corrected chi connectivity index (χ1v) is 23.1. The van der Waals surface area contributed by atoms with E-state index in [1.807, 2.05) is 0 Å². The van der Waals surface area contributed by atoms with Gasteiger partial charge in [-0.05, 0) is 72.1 Å². The molecular formula is C49H60Cl2SiZr-4. The maximum atomic E-state index is 3.06. The van der Waals surface area contributed by atoms with Crippen molar-refractivity contribution in [2.24, 2.45) is 0 Å². The van der Waals surface area contributed by atoms with Crippen LogP contribution in [0.5, 0.6) is 0 Å². The van der Waals surface area contributed by atoms with Gasteiger partial charge in [0.1, 0.15) is 0 Å². The Kier molecular flexibility index (Phi) is 20.4. The van der Waals surface area contributed by atoms with Crippen molar-refractivity contribution in [1.82, 2.24) is 0 Å². The molecule has 0 bridgehead atoms. The molecular weight excluding hydrogens is 779 g/mol. The molecule has 2 saturated carbocycles. The Hall–Kier alpha value is -2.22. The van der Waals surface area contributed by atoms with Gasteiger partial charge in [0.2, 0.25) is 0 Å². The van der Waals surface area contributed by atoms with E-state index in [9.17, 15) is 0 Å². The third kappa shape index (κ3) is 11.4. The van der Waals surface area contributed by atoms with Crippen molar-refractivity contribution in [1.29, 1.82) is 0 Å². The van der Waals surface area contributed by atoms with Crippen LogP contribution >= 0.6 is 24.8 Å². The fourth-order valence-electron chi connectivity index (χ4n) is 8.34. The summed E-state index contributed by atoms with van der Waals surface area (Å²) in [6, 6.07) is 41.6. The van der Waals surface area contributed by atoms with E-state index >= 15 is 0 Å². The summed E-state index contributed by atoms with van der Waals surface area (Å²) in [4.78, 5) is 0. The molecule has 8 rings (SSSR count). The molecule has 0 spiro atoms. The van der Waals surface area contributed by atoms with Crippen LogP contribution in [-0.4, -0.2) is 6.88 Å². The summed E-state index contributed by atoms with van der Waals surface area (Å²) in [5, 5.41) is 5.53. The van der Waals surface area contributed by atoms with Crippen molar-refractivity contribution in [2.45, 2.75) is 109 Å². The molecule has 2 aliphatic rings. The van der Waals surface area contributed by atoms with Gasteiger partial charge >= 0.3 is 30.2 Å². The fraction of sp³-hybridized carbons (Fsp3) is 0.347. The average molecular weight is 839 g/mol. The molecule has 0 aromatic heterocycles. The van der Waals surface area contributed by atoms with Crippen molar-refractivity contribution in [2.75, 3.05) is 0 Å². The van der Waals surface area contributed by atoms with Crippen LogP contribution in [0.2, 0.25) is 0 Å². The van der Waals surface area contributed by atoms with Crippen LogP contribution in [0.4, 0.5) is 0 Å². The molecule has 0 saturated heterocycles. The molecule has 6 aromatic rings. The second-order valence-corrected chi connectivity index (χ2v) is 14.7. The first-order valence-electron chi connectivity index (χ1n) is 18.9. The normalized spacial score (nSPS) is 14.3. The first kappa shape index (κ1) is 46.9. The summed E-state index contributed by atoms with van der Waals surface area (Å²) in [6.45, 7) is 9.83. The number of benzene rings is 4. The SMILES string of the molecule is CC(C)c1cc2c(-c3ccc(C4CCCCC4)cc3)cccc2[cH-]1.CCc1cc2c(-c3ccc(C4CCCCC4)cc3)cccc2[cH-]1.Cl.Cl.[CH3-].[CH3-].[Si]=[Zr]. The fourth-order valence-corrected chi connectivity index (χ4v) is 8.34. The minimum atomic E-state index is 0. The first-order chi connectivity index (χ1) is 24.1. The standard InChI is InChI=1S/C24H27.C23H25.2CH3.2ClH.Si.Zr/c1-17(2)22-15-21-9-6-10-23(24(21)16-22)20-13-11-19(12-14-20)18-7-4-3-5-8-18;1-2-17-15-21-9-6-10-22(23(21)16-17)20-13-11-19(12-14-20)18-7-4-3-5-8-18;;;;;;/h6,9-18H,3-5,7-8H2,1-2H3;6,9-16,18H,2-5,7-8H2,1H3;2*1H3;2*1H;;/q4*-1;;;;. The van der Waals surface area contributed by atoms with Gasteiger partial charge in [-0.2, -0.15) is 12.1 Å². The van der Waals surface area contributed by atoms with E-state index in [1.165, 1.54) is 154 Å². The maximum absolute atomic E-state index is 3.06. The van der Waals surface area contributed by atoms with Gasteiger partial charge in [-0.1, -0.05) is 131 Å². The zero-order valence-corrected chi connectivity index (χ0v) is 37.8. The van der Waals surface area contributed by atoms with Crippen LogP contribution in [-0.2, 0) is 29.8 Å². The van der Waals surface area contributed by atoms with Gasteiger partial charge in [0.25, 0.3) is 0 Å². The van der Waals surface area contributed by atoms with E-state index < -0.39 is 0 Å². The Bertz CT molecular complexity index is 1920. The van der Waals surface area contributed by atoms with Gasteiger partial charge in [-0.3, -0.25) is 0 Å². The van der Waals surface area contributed by atoms with Gasteiger partial charge in [0.15, 0.2) is 0 Å². The van der Waals surface area contributed by atoms with Crippen LogP contribution in [0, 0.1) is 14.9 Å². The molecule has 2 fully saturated rings. The Morgan fingerprint density at radius 2 is 1.00 bits per heavy atom. The third-order valence-corrected chi connectivity index (χ3v) is 11.3. The molecule has 4 heteroatoms. The van der Waals surface area contributed by atoms with Gasteiger partial charge in [0, 0.05) is 0 Å². The number of halogens is 2.